The van der Waals surface area contributed by atoms with Gasteiger partial charge in [-0.3, -0.25) is 0 Å². The fourth-order valence-electron chi connectivity index (χ4n) is 1.35. The number of allylic oxidation sites excluding steroid dienone is 2. The highest BCUT2D eigenvalue weighted by atomic mass is 16.2. The highest BCUT2D eigenvalue weighted by Gasteiger charge is 1.89. The van der Waals surface area contributed by atoms with Crippen molar-refractivity contribution in [2.45, 2.75) is 51.4 Å². The van der Waals surface area contributed by atoms with Crippen LogP contribution in [0.2, 0.25) is 0 Å². The first kappa shape index (κ1) is 13.4. The van der Waals surface area contributed by atoms with Gasteiger partial charge in [0, 0.05) is 13.0 Å². The third-order valence-corrected chi connectivity index (χ3v) is 2.18. The number of hydrogen-bond acceptors (Lipinski definition) is 2. The fraction of sp³-hybridized carbons (Fsp3) is 0.750. The molecule has 82 valence electrons. The number of aldehydes is 1. The summed E-state index contributed by atoms with van der Waals surface area (Å²) in [6.45, 7) is 0.328. The van der Waals surface area contributed by atoms with E-state index in [1.807, 2.05) is 6.08 Å². The van der Waals surface area contributed by atoms with Crippen molar-refractivity contribution in [3.05, 3.63) is 12.2 Å². The van der Waals surface area contributed by atoms with Gasteiger partial charge in [-0.1, -0.05) is 37.8 Å². The molecule has 0 aromatic rings. The molecule has 0 saturated carbocycles. The molecule has 0 aliphatic heterocycles. The Morgan fingerprint density at radius 2 is 1.50 bits per heavy atom. The van der Waals surface area contributed by atoms with Crippen LogP contribution in [-0.4, -0.2) is 18.0 Å². The van der Waals surface area contributed by atoms with E-state index in [1.165, 1.54) is 25.7 Å². The van der Waals surface area contributed by atoms with Crippen molar-refractivity contribution in [2.75, 3.05) is 6.61 Å². The summed E-state index contributed by atoms with van der Waals surface area (Å²) in [6.07, 6.45) is 13.7. The number of aliphatic hydroxyl groups is 1. The van der Waals surface area contributed by atoms with Gasteiger partial charge in [-0.15, -0.1) is 0 Å². The minimum absolute atomic E-state index is 0.328. The van der Waals surface area contributed by atoms with Crippen molar-refractivity contribution in [3.63, 3.8) is 0 Å². The van der Waals surface area contributed by atoms with E-state index in [-0.39, 0.29) is 0 Å². The molecule has 0 unspecified atom stereocenters. The minimum atomic E-state index is 0.328. The third kappa shape index (κ3) is 11.4. The first-order valence-electron chi connectivity index (χ1n) is 5.61. The Kier molecular flexibility index (Phi) is 11.8. The molecule has 0 atom stereocenters. The molecular formula is C12H22O2. The average molecular weight is 198 g/mol. The lowest BCUT2D eigenvalue weighted by molar-refractivity contribution is -0.107. The molecule has 2 nitrogen and oxygen atoms in total. The molecule has 0 rings (SSSR count). The smallest absolute Gasteiger partial charge is 0.123 e. The van der Waals surface area contributed by atoms with Gasteiger partial charge in [0.15, 0.2) is 0 Å². The molecule has 0 fully saturated rings. The van der Waals surface area contributed by atoms with Gasteiger partial charge in [0.25, 0.3) is 0 Å². The maximum atomic E-state index is 9.97. The number of hydrogen-bond donors (Lipinski definition) is 1. The van der Waals surface area contributed by atoms with Crippen molar-refractivity contribution < 1.29 is 9.90 Å². The van der Waals surface area contributed by atoms with E-state index < -0.39 is 0 Å². The highest BCUT2D eigenvalue weighted by molar-refractivity contribution is 5.51. The van der Waals surface area contributed by atoms with Crippen molar-refractivity contribution in [2.24, 2.45) is 0 Å². The van der Waals surface area contributed by atoms with Crippen LogP contribution in [-0.2, 0) is 4.79 Å². The Balaban J connectivity index is 2.95. The van der Waals surface area contributed by atoms with Crippen LogP contribution in [0.3, 0.4) is 0 Å². The van der Waals surface area contributed by atoms with Crippen LogP contribution < -0.4 is 0 Å². The summed E-state index contributed by atoms with van der Waals surface area (Å²) >= 11 is 0. The molecule has 14 heavy (non-hydrogen) atoms. The second kappa shape index (κ2) is 12.4. The summed E-state index contributed by atoms with van der Waals surface area (Å²) in [4.78, 5) is 9.97. The van der Waals surface area contributed by atoms with Gasteiger partial charge >= 0.3 is 0 Å². The molecule has 0 amide bonds. The van der Waals surface area contributed by atoms with Crippen LogP contribution in [0.25, 0.3) is 0 Å². The normalized spacial score (nSPS) is 10.9. The Morgan fingerprint density at radius 3 is 2.14 bits per heavy atom. The van der Waals surface area contributed by atoms with Gasteiger partial charge in [0.05, 0.1) is 0 Å². The molecule has 0 radical (unpaired) electrons. The zero-order valence-electron chi connectivity index (χ0n) is 8.95. The van der Waals surface area contributed by atoms with Crippen molar-refractivity contribution in [1.29, 1.82) is 0 Å². The zero-order chi connectivity index (χ0) is 10.5. The summed E-state index contributed by atoms with van der Waals surface area (Å²) in [7, 11) is 0. The lowest BCUT2D eigenvalue weighted by Gasteiger charge is -1.98. The van der Waals surface area contributed by atoms with Crippen LogP contribution >= 0.6 is 0 Å². The highest BCUT2D eigenvalue weighted by Crippen LogP contribution is 2.07. The number of unbranched alkanes of at least 4 members (excludes halogenated alkanes) is 6. The second-order valence-electron chi connectivity index (χ2n) is 3.51. The van der Waals surface area contributed by atoms with E-state index in [9.17, 15) is 4.79 Å². The first-order valence-corrected chi connectivity index (χ1v) is 5.61. The number of aliphatic hydroxyl groups excluding tert-OH is 1. The van der Waals surface area contributed by atoms with Gasteiger partial charge in [0.1, 0.15) is 6.29 Å². The largest absolute Gasteiger partial charge is 0.396 e. The maximum absolute atomic E-state index is 9.97. The summed E-state index contributed by atoms with van der Waals surface area (Å²) < 4.78 is 0. The fourth-order valence-corrected chi connectivity index (χ4v) is 1.35. The van der Waals surface area contributed by atoms with E-state index in [0.717, 1.165) is 25.5 Å². The maximum Gasteiger partial charge on any atom is 0.123 e. The molecule has 0 aromatic carbocycles. The van der Waals surface area contributed by atoms with E-state index in [1.54, 1.807) is 0 Å². The Labute approximate surface area is 87.0 Å². The minimum Gasteiger partial charge on any atom is -0.396 e. The predicted molar refractivity (Wildman–Crippen MR) is 59.2 cm³/mol. The Hall–Kier alpha value is -0.630. The average Bonchev–Trinajstić information content (AvgIpc) is 2.21. The van der Waals surface area contributed by atoms with Crippen molar-refractivity contribution in [1.82, 2.24) is 0 Å². The number of carbonyl (C=O) groups excluding carboxylic acids is 1. The molecule has 0 saturated heterocycles. The lowest BCUT2D eigenvalue weighted by atomic mass is 10.1. The lowest BCUT2D eigenvalue weighted by Crippen LogP contribution is -1.83. The van der Waals surface area contributed by atoms with E-state index in [2.05, 4.69) is 6.08 Å². The molecule has 0 heterocycles. The quantitative estimate of drug-likeness (QED) is 0.333. The number of rotatable bonds is 10. The van der Waals surface area contributed by atoms with Gasteiger partial charge in [-0.05, 0) is 19.3 Å². The molecule has 0 bridgehead atoms. The van der Waals surface area contributed by atoms with Crippen LogP contribution in [0.5, 0.6) is 0 Å². The van der Waals surface area contributed by atoms with E-state index in [0.29, 0.717) is 13.0 Å². The van der Waals surface area contributed by atoms with Crippen molar-refractivity contribution in [3.8, 4) is 0 Å². The summed E-state index contributed by atoms with van der Waals surface area (Å²) in [5.74, 6) is 0. The Bertz CT molecular complexity index is 141. The van der Waals surface area contributed by atoms with Gasteiger partial charge in [0.2, 0.25) is 0 Å². The second-order valence-corrected chi connectivity index (χ2v) is 3.51. The SMILES string of the molecule is O=CC/C=C/CCCCCCCCO. The topological polar surface area (TPSA) is 37.3 Å². The standard InChI is InChI=1S/C12H22O2/c13-11-9-7-5-3-1-2-4-6-8-10-12-14/h5,7,11,14H,1-4,6,8-10,12H2/b7-5+. The molecule has 1 N–H and O–H groups in total. The van der Waals surface area contributed by atoms with Gasteiger partial charge < -0.3 is 9.90 Å². The van der Waals surface area contributed by atoms with Crippen LogP contribution in [0, 0.1) is 0 Å². The molecule has 0 spiro atoms. The summed E-state index contributed by atoms with van der Waals surface area (Å²) in [5.41, 5.74) is 0. The Morgan fingerprint density at radius 1 is 0.857 bits per heavy atom. The molecule has 2 heteroatoms. The van der Waals surface area contributed by atoms with Gasteiger partial charge in [-0.2, -0.15) is 0 Å². The molecular weight excluding hydrogens is 176 g/mol. The number of carbonyl (C=O) groups is 1. The third-order valence-electron chi connectivity index (χ3n) is 2.18. The summed E-state index contributed by atoms with van der Waals surface area (Å²) in [5, 5.41) is 8.55. The van der Waals surface area contributed by atoms with Crippen LogP contribution in [0.1, 0.15) is 51.4 Å². The first-order chi connectivity index (χ1) is 6.91. The van der Waals surface area contributed by atoms with E-state index in [4.69, 9.17) is 5.11 Å². The van der Waals surface area contributed by atoms with Crippen LogP contribution in [0.15, 0.2) is 12.2 Å². The summed E-state index contributed by atoms with van der Waals surface area (Å²) in [6, 6.07) is 0. The molecule has 0 aliphatic carbocycles. The van der Waals surface area contributed by atoms with Gasteiger partial charge in [-0.25, -0.2) is 0 Å². The predicted octanol–water partition coefficient (Wildman–Crippen LogP) is 2.85. The van der Waals surface area contributed by atoms with Crippen molar-refractivity contribution >= 4 is 6.29 Å². The zero-order valence-corrected chi connectivity index (χ0v) is 8.95. The monoisotopic (exact) mass is 198 g/mol. The molecule has 0 aliphatic rings. The molecule has 0 aromatic heterocycles. The van der Waals surface area contributed by atoms with Crippen LogP contribution in [0.4, 0.5) is 0 Å². The van der Waals surface area contributed by atoms with E-state index >= 15 is 0 Å².